The van der Waals surface area contributed by atoms with Gasteiger partial charge >= 0.3 is 0 Å². The molecule has 1 unspecified atom stereocenters. The van der Waals surface area contributed by atoms with Gasteiger partial charge in [0.1, 0.15) is 0 Å². The van der Waals surface area contributed by atoms with Crippen molar-refractivity contribution in [1.82, 2.24) is 10.2 Å². The SMILES string of the molecule is CC(CN)CN(C)CC(=O)NC1CC1. The van der Waals surface area contributed by atoms with Crippen LogP contribution in [0.5, 0.6) is 0 Å². The fourth-order valence-electron chi connectivity index (χ4n) is 1.42. The van der Waals surface area contributed by atoms with Crippen molar-refractivity contribution in [2.45, 2.75) is 25.8 Å². The summed E-state index contributed by atoms with van der Waals surface area (Å²) in [5, 5.41) is 2.96. The first kappa shape index (κ1) is 11.5. The van der Waals surface area contributed by atoms with E-state index in [0.29, 0.717) is 25.0 Å². The first-order chi connectivity index (χ1) is 6.61. The summed E-state index contributed by atoms with van der Waals surface area (Å²) < 4.78 is 0. The summed E-state index contributed by atoms with van der Waals surface area (Å²) in [5.41, 5.74) is 5.51. The number of nitrogens with one attached hydrogen (secondary N) is 1. The topological polar surface area (TPSA) is 58.4 Å². The van der Waals surface area contributed by atoms with Crippen LogP contribution < -0.4 is 11.1 Å². The van der Waals surface area contributed by atoms with Crippen LogP contribution in [0.3, 0.4) is 0 Å². The molecule has 0 aromatic rings. The summed E-state index contributed by atoms with van der Waals surface area (Å²) in [6.07, 6.45) is 2.29. The Labute approximate surface area is 85.8 Å². The first-order valence-electron chi connectivity index (χ1n) is 5.29. The molecule has 0 aliphatic heterocycles. The Morgan fingerprint density at radius 2 is 2.29 bits per heavy atom. The van der Waals surface area contributed by atoms with Crippen molar-refractivity contribution in [3.8, 4) is 0 Å². The third-order valence-electron chi connectivity index (χ3n) is 2.38. The maximum absolute atomic E-state index is 11.4. The average molecular weight is 199 g/mol. The standard InChI is InChI=1S/C10H21N3O/c1-8(5-11)6-13(2)7-10(14)12-9-3-4-9/h8-9H,3-7,11H2,1-2H3,(H,12,14). The van der Waals surface area contributed by atoms with E-state index in [0.717, 1.165) is 19.4 Å². The Morgan fingerprint density at radius 3 is 2.79 bits per heavy atom. The zero-order valence-electron chi connectivity index (χ0n) is 9.12. The molecule has 0 radical (unpaired) electrons. The monoisotopic (exact) mass is 199 g/mol. The minimum Gasteiger partial charge on any atom is -0.352 e. The van der Waals surface area contributed by atoms with E-state index >= 15 is 0 Å². The third kappa shape index (κ3) is 4.58. The number of amides is 1. The molecule has 1 aliphatic rings. The molecular formula is C10H21N3O. The molecule has 1 rings (SSSR count). The Bertz CT molecular complexity index is 192. The summed E-state index contributed by atoms with van der Waals surface area (Å²) in [5.74, 6) is 0.591. The Kier molecular flexibility index (Phi) is 4.35. The minimum atomic E-state index is 0.138. The van der Waals surface area contributed by atoms with E-state index in [-0.39, 0.29) is 5.91 Å². The molecular weight excluding hydrogens is 178 g/mol. The van der Waals surface area contributed by atoms with E-state index in [4.69, 9.17) is 5.73 Å². The number of carbonyl (C=O) groups excluding carboxylic acids is 1. The number of hydrogen-bond donors (Lipinski definition) is 2. The fraction of sp³-hybridized carbons (Fsp3) is 0.900. The predicted molar refractivity (Wildman–Crippen MR) is 56.9 cm³/mol. The van der Waals surface area contributed by atoms with Gasteiger partial charge in [-0.2, -0.15) is 0 Å². The van der Waals surface area contributed by atoms with Crippen LogP contribution in [0.1, 0.15) is 19.8 Å². The van der Waals surface area contributed by atoms with Crippen LogP contribution in [-0.4, -0.2) is 43.5 Å². The molecule has 0 aromatic heterocycles. The van der Waals surface area contributed by atoms with Gasteiger partial charge in [-0.15, -0.1) is 0 Å². The average Bonchev–Trinajstić information content (AvgIpc) is 2.87. The Balaban J connectivity index is 2.11. The van der Waals surface area contributed by atoms with Crippen LogP contribution >= 0.6 is 0 Å². The normalized spacial score (nSPS) is 18.3. The summed E-state index contributed by atoms with van der Waals surface area (Å²) >= 11 is 0. The van der Waals surface area contributed by atoms with Crippen molar-refractivity contribution < 1.29 is 4.79 Å². The molecule has 4 nitrogen and oxygen atoms in total. The van der Waals surface area contributed by atoms with Gasteiger partial charge in [-0.25, -0.2) is 0 Å². The minimum absolute atomic E-state index is 0.138. The number of hydrogen-bond acceptors (Lipinski definition) is 3. The van der Waals surface area contributed by atoms with Gasteiger partial charge in [-0.1, -0.05) is 6.92 Å². The highest BCUT2D eigenvalue weighted by atomic mass is 16.2. The molecule has 0 bridgehead atoms. The lowest BCUT2D eigenvalue weighted by atomic mass is 10.2. The van der Waals surface area contributed by atoms with Crippen molar-refractivity contribution in [1.29, 1.82) is 0 Å². The third-order valence-corrected chi connectivity index (χ3v) is 2.38. The highest BCUT2D eigenvalue weighted by molar-refractivity contribution is 5.78. The molecule has 1 saturated carbocycles. The smallest absolute Gasteiger partial charge is 0.234 e. The highest BCUT2D eigenvalue weighted by Crippen LogP contribution is 2.18. The van der Waals surface area contributed by atoms with E-state index in [2.05, 4.69) is 12.2 Å². The molecule has 4 heteroatoms. The van der Waals surface area contributed by atoms with Gasteiger partial charge in [0, 0.05) is 12.6 Å². The number of nitrogens with zero attached hydrogens (tertiary/aromatic N) is 1. The van der Waals surface area contributed by atoms with Crippen LogP contribution in [0.15, 0.2) is 0 Å². The highest BCUT2D eigenvalue weighted by Gasteiger charge is 2.23. The lowest BCUT2D eigenvalue weighted by molar-refractivity contribution is -0.122. The molecule has 1 aliphatic carbocycles. The van der Waals surface area contributed by atoms with Gasteiger partial charge in [0.05, 0.1) is 6.54 Å². The zero-order chi connectivity index (χ0) is 10.6. The molecule has 0 heterocycles. The predicted octanol–water partition coefficient (Wildman–Crippen LogP) is -0.208. The van der Waals surface area contributed by atoms with E-state index < -0.39 is 0 Å². The number of likely N-dealkylation sites (N-methyl/N-ethyl adjacent to an activating group) is 1. The molecule has 14 heavy (non-hydrogen) atoms. The number of nitrogens with two attached hydrogens (primary N) is 1. The van der Waals surface area contributed by atoms with Crippen molar-refractivity contribution in [2.75, 3.05) is 26.7 Å². The first-order valence-corrected chi connectivity index (χ1v) is 5.29. The Hall–Kier alpha value is -0.610. The van der Waals surface area contributed by atoms with E-state index in [1.165, 1.54) is 0 Å². The molecule has 1 fully saturated rings. The van der Waals surface area contributed by atoms with Crippen molar-refractivity contribution in [2.24, 2.45) is 11.7 Å². The van der Waals surface area contributed by atoms with Gasteiger partial charge in [-0.05, 0) is 32.4 Å². The number of carbonyl (C=O) groups is 1. The maximum atomic E-state index is 11.4. The van der Waals surface area contributed by atoms with E-state index in [1.54, 1.807) is 0 Å². The van der Waals surface area contributed by atoms with Crippen LogP contribution in [0.4, 0.5) is 0 Å². The van der Waals surface area contributed by atoms with Gasteiger partial charge in [0.25, 0.3) is 0 Å². The molecule has 3 N–H and O–H groups in total. The van der Waals surface area contributed by atoms with Gasteiger partial charge < -0.3 is 11.1 Å². The van der Waals surface area contributed by atoms with Gasteiger partial charge in [0.2, 0.25) is 5.91 Å². The van der Waals surface area contributed by atoms with Crippen LogP contribution in [0.25, 0.3) is 0 Å². The van der Waals surface area contributed by atoms with Crippen molar-refractivity contribution in [3.63, 3.8) is 0 Å². The van der Waals surface area contributed by atoms with Crippen molar-refractivity contribution in [3.05, 3.63) is 0 Å². The lowest BCUT2D eigenvalue weighted by Crippen LogP contribution is -2.38. The lowest BCUT2D eigenvalue weighted by Gasteiger charge is -2.19. The molecule has 1 amide bonds. The fourth-order valence-corrected chi connectivity index (χ4v) is 1.42. The Morgan fingerprint density at radius 1 is 1.64 bits per heavy atom. The largest absolute Gasteiger partial charge is 0.352 e. The molecule has 0 aromatic carbocycles. The van der Waals surface area contributed by atoms with E-state index in [1.807, 2.05) is 11.9 Å². The van der Waals surface area contributed by atoms with Crippen LogP contribution in [0, 0.1) is 5.92 Å². The molecule has 1 atom stereocenters. The van der Waals surface area contributed by atoms with Gasteiger partial charge in [-0.3, -0.25) is 9.69 Å². The summed E-state index contributed by atoms with van der Waals surface area (Å²) in [7, 11) is 1.96. The number of rotatable bonds is 6. The van der Waals surface area contributed by atoms with E-state index in [9.17, 15) is 4.79 Å². The maximum Gasteiger partial charge on any atom is 0.234 e. The summed E-state index contributed by atoms with van der Waals surface area (Å²) in [6, 6.07) is 0.461. The quantitative estimate of drug-likeness (QED) is 0.622. The molecule has 0 spiro atoms. The molecule has 0 saturated heterocycles. The molecule has 82 valence electrons. The summed E-state index contributed by atoms with van der Waals surface area (Å²) in [4.78, 5) is 13.4. The summed E-state index contributed by atoms with van der Waals surface area (Å²) in [6.45, 7) is 4.14. The second-order valence-corrected chi connectivity index (χ2v) is 4.38. The zero-order valence-corrected chi connectivity index (χ0v) is 9.12. The van der Waals surface area contributed by atoms with Crippen molar-refractivity contribution >= 4 is 5.91 Å². The van der Waals surface area contributed by atoms with Crippen LogP contribution in [0.2, 0.25) is 0 Å². The van der Waals surface area contributed by atoms with Gasteiger partial charge in [0.15, 0.2) is 0 Å². The second-order valence-electron chi connectivity index (χ2n) is 4.38. The van der Waals surface area contributed by atoms with Crippen LogP contribution in [-0.2, 0) is 4.79 Å². The second kappa shape index (κ2) is 5.32.